The van der Waals surface area contributed by atoms with Gasteiger partial charge in [-0.15, -0.1) is 0 Å². The summed E-state index contributed by atoms with van der Waals surface area (Å²) in [7, 11) is 1.74. The van der Waals surface area contributed by atoms with Gasteiger partial charge in [-0.2, -0.15) is 0 Å². The van der Waals surface area contributed by atoms with Gasteiger partial charge >= 0.3 is 0 Å². The molecule has 0 aliphatic rings. The lowest BCUT2D eigenvalue weighted by molar-refractivity contribution is 0.111. The zero-order valence-corrected chi connectivity index (χ0v) is 10.7. The first-order valence-corrected chi connectivity index (χ1v) is 6.03. The van der Waals surface area contributed by atoms with Crippen LogP contribution in [0.4, 0.5) is 0 Å². The molecule has 4 heteroatoms. The Bertz CT molecular complexity index is 589. The van der Waals surface area contributed by atoms with Gasteiger partial charge in [0.15, 0.2) is 0 Å². The van der Waals surface area contributed by atoms with Crippen molar-refractivity contribution in [3.63, 3.8) is 0 Å². The second-order valence-corrected chi connectivity index (χ2v) is 3.99. The highest BCUT2D eigenvalue weighted by molar-refractivity contribution is 5.87. The molecule has 0 amide bonds. The van der Waals surface area contributed by atoms with Gasteiger partial charge in [0.1, 0.15) is 12.4 Å². The van der Waals surface area contributed by atoms with Crippen LogP contribution in [-0.4, -0.2) is 24.4 Å². The van der Waals surface area contributed by atoms with Gasteiger partial charge < -0.3 is 14.0 Å². The van der Waals surface area contributed by atoms with Gasteiger partial charge in [0.25, 0.3) is 5.56 Å². The van der Waals surface area contributed by atoms with Crippen molar-refractivity contribution in [2.45, 2.75) is 6.92 Å². The third kappa shape index (κ3) is 2.54. The van der Waals surface area contributed by atoms with Crippen LogP contribution in [0, 0.1) is 0 Å². The average molecular weight is 247 g/mol. The molecule has 0 bridgehead atoms. The van der Waals surface area contributed by atoms with Gasteiger partial charge in [0.05, 0.1) is 12.0 Å². The summed E-state index contributed by atoms with van der Waals surface area (Å²) in [5.74, 6) is 0.727. The van der Waals surface area contributed by atoms with Gasteiger partial charge in [-0.1, -0.05) is 6.07 Å². The zero-order valence-electron chi connectivity index (χ0n) is 10.7. The van der Waals surface area contributed by atoms with Gasteiger partial charge in [0.2, 0.25) is 0 Å². The number of nitrogens with zero attached hydrogens (tertiary/aromatic N) is 1. The molecule has 0 unspecified atom stereocenters. The Balaban J connectivity index is 2.29. The number of rotatable bonds is 5. The molecule has 18 heavy (non-hydrogen) atoms. The third-order valence-corrected chi connectivity index (χ3v) is 2.77. The lowest BCUT2D eigenvalue weighted by Crippen LogP contribution is -2.16. The van der Waals surface area contributed by atoms with E-state index < -0.39 is 0 Å². The molecule has 2 rings (SSSR count). The largest absolute Gasteiger partial charge is 0.491 e. The molecule has 1 aromatic carbocycles. The number of hydrogen-bond acceptors (Lipinski definition) is 3. The second kappa shape index (κ2) is 5.69. The highest BCUT2D eigenvalue weighted by Crippen LogP contribution is 2.22. The Hall–Kier alpha value is -1.81. The molecule has 96 valence electrons. The van der Waals surface area contributed by atoms with Crippen molar-refractivity contribution in [3.05, 3.63) is 40.8 Å². The van der Waals surface area contributed by atoms with E-state index in [1.807, 2.05) is 31.2 Å². The fourth-order valence-electron chi connectivity index (χ4n) is 1.83. The third-order valence-electron chi connectivity index (χ3n) is 2.77. The van der Waals surface area contributed by atoms with Crippen molar-refractivity contribution in [1.82, 2.24) is 4.57 Å². The van der Waals surface area contributed by atoms with E-state index in [9.17, 15) is 4.79 Å². The number of hydrogen-bond donors (Lipinski definition) is 0. The smallest absolute Gasteiger partial charge is 0.258 e. The van der Waals surface area contributed by atoms with Crippen molar-refractivity contribution in [2.75, 3.05) is 19.8 Å². The SMILES string of the molecule is CCOCCOc1cccc2c(=O)n(C)ccc12. The normalized spacial score (nSPS) is 10.8. The maximum absolute atomic E-state index is 11.9. The standard InChI is InChI=1S/C14H17NO3/c1-3-17-9-10-18-13-6-4-5-12-11(13)7-8-15(2)14(12)16/h4-8H,3,9-10H2,1-2H3. The van der Waals surface area contributed by atoms with Crippen LogP contribution in [0.1, 0.15) is 6.92 Å². The minimum Gasteiger partial charge on any atom is -0.491 e. The van der Waals surface area contributed by atoms with Crippen molar-refractivity contribution < 1.29 is 9.47 Å². The fourth-order valence-corrected chi connectivity index (χ4v) is 1.83. The van der Waals surface area contributed by atoms with Crippen molar-refractivity contribution in [1.29, 1.82) is 0 Å². The number of fused-ring (bicyclic) bond motifs is 1. The van der Waals surface area contributed by atoms with Crippen LogP contribution in [0.15, 0.2) is 35.3 Å². The summed E-state index contributed by atoms with van der Waals surface area (Å²) in [6.07, 6.45) is 1.75. The first-order valence-electron chi connectivity index (χ1n) is 6.03. The molecule has 1 heterocycles. The molecule has 0 N–H and O–H groups in total. The molecule has 0 aliphatic heterocycles. The van der Waals surface area contributed by atoms with Crippen LogP contribution in [0.5, 0.6) is 5.75 Å². The Morgan fingerprint density at radius 3 is 2.78 bits per heavy atom. The van der Waals surface area contributed by atoms with Gasteiger partial charge in [-0.05, 0) is 25.1 Å². The summed E-state index contributed by atoms with van der Waals surface area (Å²) in [6.45, 7) is 3.67. The minimum atomic E-state index is -0.0113. The highest BCUT2D eigenvalue weighted by Gasteiger charge is 2.05. The fraction of sp³-hybridized carbons (Fsp3) is 0.357. The Morgan fingerprint density at radius 1 is 1.17 bits per heavy atom. The predicted octanol–water partition coefficient (Wildman–Crippen LogP) is 1.95. The van der Waals surface area contributed by atoms with Gasteiger partial charge in [-0.25, -0.2) is 0 Å². The molecular formula is C14H17NO3. The summed E-state index contributed by atoms with van der Waals surface area (Å²) in [4.78, 5) is 11.9. The minimum absolute atomic E-state index is 0.0113. The lowest BCUT2D eigenvalue weighted by atomic mass is 10.1. The van der Waals surface area contributed by atoms with E-state index in [4.69, 9.17) is 9.47 Å². The quantitative estimate of drug-likeness (QED) is 0.758. The topological polar surface area (TPSA) is 40.5 Å². The number of benzene rings is 1. The first kappa shape index (κ1) is 12.6. The molecule has 0 atom stereocenters. The van der Waals surface area contributed by atoms with E-state index >= 15 is 0 Å². The maximum Gasteiger partial charge on any atom is 0.258 e. The Morgan fingerprint density at radius 2 is 2.00 bits per heavy atom. The van der Waals surface area contributed by atoms with Gasteiger partial charge in [-0.3, -0.25) is 4.79 Å². The first-order chi connectivity index (χ1) is 8.74. The number of aryl methyl sites for hydroxylation is 1. The number of ether oxygens (including phenoxy) is 2. The molecule has 0 aliphatic carbocycles. The van der Waals surface area contributed by atoms with Gasteiger partial charge in [0, 0.05) is 25.2 Å². The number of aromatic nitrogens is 1. The molecule has 4 nitrogen and oxygen atoms in total. The van der Waals surface area contributed by atoms with E-state index in [0.29, 0.717) is 25.2 Å². The van der Waals surface area contributed by atoms with E-state index in [0.717, 1.165) is 11.1 Å². The van der Waals surface area contributed by atoms with Crippen LogP contribution in [0.2, 0.25) is 0 Å². The lowest BCUT2D eigenvalue weighted by Gasteiger charge is -2.09. The summed E-state index contributed by atoms with van der Waals surface area (Å²) in [5, 5.41) is 1.52. The molecule has 0 saturated heterocycles. The highest BCUT2D eigenvalue weighted by atomic mass is 16.5. The van der Waals surface area contributed by atoms with Crippen LogP contribution < -0.4 is 10.3 Å². The molecule has 2 aromatic rings. The van der Waals surface area contributed by atoms with Crippen LogP contribution in [0.3, 0.4) is 0 Å². The van der Waals surface area contributed by atoms with Crippen LogP contribution in [-0.2, 0) is 11.8 Å². The van der Waals surface area contributed by atoms with E-state index in [1.165, 1.54) is 0 Å². The average Bonchev–Trinajstić information content (AvgIpc) is 2.39. The Kier molecular flexibility index (Phi) is 3.99. The van der Waals surface area contributed by atoms with E-state index in [1.54, 1.807) is 17.8 Å². The summed E-state index contributed by atoms with van der Waals surface area (Å²) < 4.78 is 12.4. The maximum atomic E-state index is 11.9. The molecule has 0 radical (unpaired) electrons. The molecule has 1 aromatic heterocycles. The van der Waals surface area contributed by atoms with Crippen LogP contribution >= 0.6 is 0 Å². The van der Waals surface area contributed by atoms with Crippen molar-refractivity contribution in [2.24, 2.45) is 7.05 Å². The summed E-state index contributed by atoms with van der Waals surface area (Å²) in [5.41, 5.74) is -0.0113. The van der Waals surface area contributed by atoms with Crippen LogP contribution in [0.25, 0.3) is 10.8 Å². The van der Waals surface area contributed by atoms with E-state index in [2.05, 4.69) is 0 Å². The Labute approximate surface area is 106 Å². The summed E-state index contributed by atoms with van der Waals surface area (Å²) in [6, 6.07) is 7.41. The molecular weight excluding hydrogens is 230 g/mol. The monoisotopic (exact) mass is 247 g/mol. The molecule has 0 fully saturated rings. The second-order valence-electron chi connectivity index (χ2n) is 3.99. The van der Waals surface area contributed by atoms with Crippen molar-refractivity contribution >= 4 is 10.8 Å². The molecule has 0 saturated carbocycles. The molecule has 0 spiro atoms. The number of pyridine rings is 1. The zero-order chi connectivity index (χ0) is 13.0. The summed E-state index contributed by atoms with van der Waals surface area (Å²) >= 11 is 0. The van der Waals surface area contributed by atoms with Crippen molar-refractivity contribution in [3.8, 4) is 5.75 Å². The van der Waals surface area contributed by atoms with E-state index in [-0.39, 0.29) is 5.56 Å². The predicted molar refractivity (Wildman–Crippen MR) is 71.2 cm³/mol.